The molecule has 0 spiro atoms. The van der Waals surface area contributed by atoms with Gasteiger partial charge < -0.3 is 15.7 Å². The summed E-state index contributed by atoms with van der Waals surface area (Å²) in [6.45, 7) is 0.464. The lowest BCUT2D eigenvalue weighted by Crippen LogP contribution is -2.24. The number of benzene rings is 1. The molecule has 0 saturated carbocycles. The molecule has 0 atom stereocenters. The first-order valence-electron chi connectivity index (χ1n) is 8.34. The molecule has 7 nitrogen and oxygen atoms in total. The van der Waals surface area contributed by atoms with Gasteiger partial charge >= 0.3 is 5.97 Å². The fourth-order valence-corrected chi connectivity index (χ4v) is 2.96. The molecule has 138 valence electrons. The van der Waals surface area contributed by atoms with E-state index in [9.17, 15) is 14.4 Å². The molecule has 0 radical (unpaired) electrons. The Bertz CT molecular complexity index is 746. The molecule has 0 aliphatic carbocycles. The molecular formula is C18H21N3O4S. The van der Waals surface area contributed by atoms with Gasteiger partial charge in [-0.2, -0.15) is 0 Å². The molecule has 0 aliphatic rings. The van der Waals surface area contributed by atoms with Gasteiger partial charge in [-0.05, 0) is 18.4 Å². The number of carboxylic acids is 1. The number of hydrogen-bond donors (Lipinski definition) is 3. The Hall–Kier alpha value is -2.74. The Morgan fingerprint density at radius 3 is 2.58 bits per heavy atom. The van der Waals surface area contributed by atoms with Crippen molar-refractivity contribution < 1.29 is 19.5 Å². The summed E-state index contributed by atoms with van der Waals surface area (Å²) in [5.74, 6) is -1.29. The number of nitrogens with zero attached hydrogens (tertiary/aromatic N) is 1. The second-order valence-electron chi connectivity index (χ2n) is 5.71. The lowest BCUT2D eigenvalue weighted by atomic mass is 10.1. The van der Waals surface area contributed by atoms with Crippen molar-refractivity contribution in [1.82, 2.24) is 10.3 Å². The highest BCUT2D eigenvalue weighted by molar-refractivity contribution is 7.14. The van der Waals surface area contributed by atoms with Crippen molar-refractivity contribution in [3.8, 4) is 0 Å². The van der Waals surface area contributed by atoms with Crippen LogP contribution in [0.3, 0.4) is 0 Å². The third kappa shape index (κ3) is 7.02. The van der Waals surface area contributed by atoms with Crippen molar-refractivity contribution in [2.45, 2.75) is 32.1 Å². The number of nitrogens with one attached hydrogen (secondary N) is 2. The van der Waals surface area contributed by atoms with Gasteiger partial charge in [-0.3, -0.25) is 14.4 Å². The van der Waals surface area contributed by atoms with Crippen LogP contribution in [0.25, 0.3) is 0 Å². The number of aromatic nitrogens is 1. The average molecular weight is 375 g/mol. The van der Waals surface area contributed by atoms with Gasteiger partial charge in [-0.25, -0.2) is 4.98 Å². The van der Waals surface area contributed by atoms with E-state index in [4.69, 9.17) is 5.11 Å². The number of hydrogen-bond acceptors (Lipinski definition) is 5. The van der Waals surface area contributed by atoms with Crippen molar-refractivity contribution in [1.29, 1.82) is 0 Å². The average Bonchev–Trinajstić information content (AvgIpc) is 3.06. The Kier molecular flexibility index (Phi) is 7.75. The van der Waals surface area contributed by atoms with E-state index in [2.05, 4.69) is 15.6 Å². The summed E-state index contributed by atoms with van der Waals surface area (Å²) in [7, 11) is 0. The third-order valence-corrected chi connectivity index (χ3v) is 4.30. The van der Waals surface area contributed by atoms with E-state index in [1.54, 1.807) is 5.38 Å². The molecule has 0 saturated heterocycles. The Labute approximate surface area is 155 Å². The molecule has 2 aromatic rings. The van der Waals surface area contributed by atoms with Gasteiger partial charge in [0.15, 0.2) is 5.13 Å². The van der Waals surface area contributed by atoms with Crippen LogP contribution in [0.1, 0.15) is 41.7 Å². The minimum Gasteiger partial charge on any atom is -0.481 e. The van der Waals surface area contributed by atoms with Gasteiger partial charge in [-0.15, -0.1) is 11.3 Å². The number of anilines is 1. The first kappa shape index (κ1) is 19.6. The summed E-state index contributed by atoms with van der Waals surface area (Å²) in [5, 5.41) is 16.0. The predicted molar refractivity (Wildman–Crippen MR) is 99.3 cm³/mol. The van der Waals surface area contributed by atoms with E-state index >= 15 is 0 Å². The van der Waals surface area contributed by atoms with Crippen LogP contribution in [-0.2, 0) is 16.0 Å². The monoisotopic (exact) mass is 375 g/mol. The zero-order valence-corrected chi connectivity index (χ0v) is 15.1. The quantitative estimate of drug-likeness (QED) is 0.553. The summed E-state index contributed by atoms with van der Waals surface area (Å²) in [5.41, 5.74) is 1.16. The van der Waals surface area contributed by atoms with Crippen LogP contribution >= 0.6 is 11.3 Å². The Morgan fingerprint density at radius 1 is 1.08 bits per heavy atom. The number of carbonyl (C=O) groups is 3. The zero-order valence-electron chi connectivity index (χ0n) is 14.2. The highest BCUT2D eigenvalue weighted by Crippen LogP contribution is 2.16. The number of aliphatic carboxylic acids is 1. The summed E-state index contributed by atoms with van der Waals surface area (Å²) < 4.78 is 0. The molecule has 0 unspecified atom stereocenters. The predicted octanol–water partition coefficient (Wildman–Crippen LogP) is 2.70. The van der Waals surface area contributed by atoms with E-state index in [0.29, 0.717) is 24.5 Å². The molecule has 0 aliphatic heterocycles. The molecule has 8 heteroatoms. The minimum absolute atomic E-state index is 0.145. The van der Waals surface area contributed by atoms with Crippen LogP contribution in [0.2, 0.25) is 0 Å². The molecule has 1 aromatic heterocycles. The van der Waals surface area contributed by atoms with Gasteiger partial charge in [-0.1, -0.05) is 36.8 Å². The first-order chi connectivity index (χ1) is 12.5. The minimum atomic E-state index is -0.807. The maximum absolute atomic E-state index is 12.0. The van der Waals surface area contributed by atoms with Crippen LogP contribution in [0, 0.1) is 0 Å². The maximum Gasteiger partial charge on any atom is 0.303 e. The topological polar surface area (TPSA) is 108 Å². The number of carbonyl (C=O) groups excluding carboxylic acids is 2. The zero-order chi connectivity index (χ0) is 18.8. The highest BCUT2D eigenvalue weighted by atomic mass is 32.1. The maximum atomic E-state index is 12.0. The van der Waals surface area contributed by atoms with Gasteiger partial charge in [0, 0.05) is 18.3 Å². The molecule has 0 bridgehead atoms. The standard InChI is InChI=1S/C18H21N3O4S/c22-15(11-13-7-3-1-4-8-13)21-18-20-14(12-26-18)17(25)19-10-6-2-5-9-16(23)24/h1,3-4,7-8,12H,2,5-6,9-11H2,(H,19,25)(H,23,24)(H,20,21,22). The van der Waals surface area contributed by atoms with Gasteiger partial charge in [0.1, 0.15) is 5.69 Å². The third-order valence-electron chi connectivity index (χ3n) is 3.54. The van der Waals surface area contributed by atoms with Crippen LogP contribution in [0.5, 0.6) is 0 Å². The lowest BCUT2D eigenvalue weighted by molar-refractivity contribution is -0.137. The fourth-order valence-electron chi connectivity index (χ4n) is 2.25. The number of amides is 2. The second kappa shape index (κ2) is 10.3. The summed E-state index contributed by atoms with van der Waals surface area (Å²) >= 11 is 1.20. The van der Waals surface area contributed by atoms with E-state index in [1.807, 2.05) is 30.3 Å². The van der Waals surface area contributed by atoms with E-state index in [0.717, 1.165) is 12.0 Å². The van der Waals surface area contributed by atoms with Crippen molar-refractivity contribution in [3.05, 3.63) is 47.0 Å². The molecular weight excluding hydrogens is 354 g/mol. The molecule has 1 heterocycles. The number of carboxylic acid groups (broad SMARTS) is 1. The number of thiazole rings is 1. The highest BCUT2D eigenvalue weighted by Gasteiger charge is 2.12. The van der Waals surface area contributed by atoms with Crippen LogP contribution < -0.4 is 10.6 Å². The summed E-state index contributed by atoms with van der Waals surface area (Å²) in [6.07, 6.45) is 2.44. The van der Waals surface area contributed by atoms with Crippen LogP contribution in [-0.4, -0.2) is 34.4 Å². The summed E-state index contributed by atoms with van der Waals surface area (Å²) in [6, 6.07) is 9.37. The van der Waals surface area contributed by atoms with Crippen LogP contribution in [0.15, 0.2) is 35.7 Å². The summed E-state index contributed by atoms with van der Waals surface area (Å²) in [4.78, 5) is 38.5. The normalized spacial score (nSPS) is 10.3. The number of rotatable bonds is 10. The van der Waals surface area contributed by atoms with Crippen molar-refractivity contribution in [3.63, 3.8) is 0 Å². The largest absolute Gasteiger partial charge is 0.481 e. The Morgan fingerprint density at radius 2 is 1.85 bits per heavy atom. The van der Waals surface area contributed by atoms with E-state index in [-0.39, 0.29) is 30.3 Å². The lowest BCUT2D eigenvalue weighted by Gasteiger charge is -2.03. The fraction of sp³-hybridized carbons (Fsp3) is 0.333. The second-order valence-corrected chi connectivity index (χ2v) is 6.57. The molecule has 1 aromatic carbocycles. The molecule has 2 rings (SSSR count). The van der Waals surface area contributed by atoms with Crippen molar-refractivity contribution in [2.75, 3.05) is 11.9 Å². The molecule has 26 heavy (non-hydrogen) atoms. The molecule has 2 amide bonds. The van der Waals surface area contributed by atoms with Gasteiger partial charge in [0.05, 0.1) is 6.42 Å². The van der Waals surface area contributed by atoms with Crippen LogP contribution in [0.4, 0.5) is 5.13 Å². The Balaban J connectivity index is 1.71. The van der Waals surface area contributed by atoms with Gasteiger partial charge in [0.25, 0.3) is 5.91 Å². The van der Waals surface area contributed by atoms with E-state index < -0.39 is 5.97 Å². The van der Waals surface area contributed by atoms with E-state index in [1.165, 1.54) is 11.3 Å². The molecule has 3 N–H and O–H groups in total. The first-order valence-corrected chi connectivity index (χ1v) is 9.22. The smallest absolute Gasteiger partial charge is 0.303 e. The number of unbranched alkanes of at least 4 members (excludes halogenated alkanes) is 2. The van der Waals surface area contributed by atoms with Crippen molar-refractivity contribution in [2.24, 2.45) is 0 Å². The SMILES string of the molecule is O=C(O)CCCCCNC(=O)c1csc(NC(=O)Cc2ccccc2)n1. The van der Waals surface area contributed by atoms with Gasteiger partial charge in [0.2, 0.25) is 5.91 Å². The van der Waals surface area contributed by atoms with Crippen molar-refractivity contribution >= 4 is 34.3 Å². The molecule has 0 fully saturated rings.